The van der Waals surface area contributed by atoms with Gasteiger partial charge in [0.2, 0.25) is 0 Å². The summed E-state index contributed by atoms with van der Waals surface area (Å²) in [6.45, 7) is 4.18. The molecule has 18 heavy (non-hydrogen) atoms. The third-order valence-electron chi connectivity index (χ3n) is 3.16. The Bertz CT molecular complexity index is 385. The van der Waals surface area contributed by atoms with Gasteiger partial charge >= 0.3 is 6.03 Å². The summed E-state index contributed by atoms with van der Waals surface area (Å²) < 4.78 is 23.9. The summed E-state index contributed by atoms with van der Waals surface area (Å²) in [5, 5.41) is 4.89. The van der Waals surface area contributed by atoms with Gasteiger partial charge in [0.15, 0.2) is 0 Å². The number of nitrogens with one attached hydrogen (secondary N) is 1. The summed E-state index contributed by atoms with van der Waals surface area (Å²) in [5.41, 5.74) is 0. The molecule has 1 aliphatic heterocycles. The molecule has 1 fully saturated rings. The van der Waals surface area contributed by atoms with Crippen LogP contribution in [0.5, 0.6) is 0 Å². The van der Waals surface area contributed by atoms with E-state index in [9.17, 15) is 13.2 Å². The molecule has 1 saturated heterocycles. The molecule has 0 bridgehead atoms. The lowest BCUT2D eigenvalue weighted by molar-refractivity contribution is 0.138. The first-order chi connectivity index (χ1) is 8.33. The minimum absolute atomic E-state index is 0.00203. The van der Waals surface area contributed by atoms with Gasteiger partial charge in [-0.05, 0) is 25.7 Å². The molecular weight excluding hydrogens is 256 g/mol. The molecule has 0 aliphatic carbocycles. The van der Waals surface area contributed by atoms with Crippen LogP contribution in [-0.2, 0) is 10.2 Å². The Morgan fingerprint density at radius 2 is 2.22 bits per heavy atom. The Balaban J connectivity index is 2.48. The Labute approximate surface area is 108 Å². The molecule has 0 aromatic carbocycles. The number of hydrogen-bond donors (Lipinski definition) is 2. The maximum Gasteiger partial charge on any atom is 0.319 e. The van der Waals surface area contributed by atoms with Gasteiger partial charge in [-0.25, -0.2) is 14.7 Å². The Kier molecular flexibility index (Phi) is 5.36. The number of carbonyl (C=O) groups is 1. The van der Waals surface area contributed by atoms with Crippen LogP contribution in [-0.4, -0.2) is 57.5 Å². The Morgan fingerprint density at radius 3 is 2.78 bits per heavy atom. The van der Waals surface area contributed by atoms with Crippen molar-refractivity contribution in [2.45, 2.75) is 19.8 Å². The predicted molar refractivity (Wildman–Crippen MR) is 69.1 cm³/mol. The van der Waals surface area contributed by atoms with E-state index in [1.54, 1.807) is 16.8 Å². The molecular formula is C10H22N4O3S. The van der Waals surface area contributed by atoms with E-state index < -0.39 is 10.2 Å². The molecule has 3 N–H and O–H groups in total. The molecule has 0 radical (unpaired) electrons. The highest BCUT2D eigenvalue weighted by molar-refractivity contribution is 7.87. The minimum Gasteiger partial charge on any atom is -0.328 e. The fourth-order valence-electron chi connectivity index (χ4n) is 2.02. The molecule has 1 rings (SSSR count). The monoisotopic (exact) mass is 278 g/mol. The first-order valence-electron chi connectivity index (χ1n) is 6.11. The topological polar surface area (TPSA) is 95.7 Å². The first kappa shape index (κ1) is 15.2. The van der Waals surface area contributed by atoms with Crippen molar-refractivity contribution in [3.8, 4) is 0 Å². The second-order valence-corrected chi connectivity index (χ2v) is 6.02. The Hall–Kier alpha value is -0.860. The van der Waals surface area contributed by atoms with Gasteiger partial charge in [0.1, 0.15) is 0 Å². The van der Waals surface area contributed by atoms with Crippen molar-refractivity contribution >= 4 is 16.2 Å². The number of nitrogens with two attached hydrogens (primary N) is 1. The molecule has 1 unspecified atom stereocenters. The number of piperidine rings is 1. The molecule has 1 heterocycles. The maximum atomic E-state index is 12.0. The lowest BCUT2D eigenvalue weighted by Gasteiger charge is -2.35. The smallest absolute Gasteiger partial charge is 0.319 e. The number of urea groups is 1. The van der Waals surface area contributed by atoms with Crippen LogP contribution in [0.3, 0.4) is 0 Å². The van der Waals surface area contributed by atoms with Crippen LogP contribution < -0.4 is 9.86 Å². The van der Waals surface area contributed by atoms with Crippen molar-refractivity contribution in [2.24, 2.45) is 11.1 Å². The zero-order chi connectivity index (χ0) is 13.8. The van der Waals surface area contributed by atoms with Crippen molar-refractivity contribution < 1.29 is 13.2 Å². The van der Waals surface area contributed by atoms with E-state index in [1.165, 1.54) is 0 Å². The van der Waals surface area contributed by atoms with Crippen LogP contribution in [0, 0.1) is 5.92 Å². The van der Waals surface area contributed by atoms with E-state index in [0.29, 0.717) is 19.6 Å². The number of likely N-dealkylation sites (tertiary alicyclic amines) is 1. The highest BCUT2D eigenvalue weighted by Crippen LogP contribution is 2.16. The molecule has 0 spiro atoms. The molecule has 1 aliphatic rings. The van der Waals surface area contributed by atoms with E-state index in [0.717, 1.165) is 19.4 Å². The van der Waals surface area contributed by atoms with E-state index in [1.807, 2.05) is 6.92 Å². The van der Waals surface area contributed by atoms with Crippen LogP contribution in [0.4, 0.5) is 4.79 Å². The zero-order valence-corrected chi connectivity index (χ0v) is 11.7. The average molecular weight is 278 g/mol. The van der Waals surface area contributed by atoms with Crippen LogP contribution in [0.1, 0.15) is 19.8 Å². The van der Waals surface area contributed by atoms with E-state index in [2.05, 4.69) is 4.72 Å². The van der Waals surface area contributed by atoms with Crippen molar-refractivity contribution in [2.75, 3.05) is 33.2 Å². The molecule has 106 valence electrons. The fourth-order valence-corrected chi connectivity index (χ4v) is 2.48. The zero-order valence-electron chi connectivity index (χ0n) is 10.9. The van der Waals surface area contributed by atoms with Gasteiger partial charge in [0.05, 0.1) is 0 Å². The van der Waals surface area contributed by atoms with Gasteiger partial charge in [-0.1, -0.05) is 0 Å². The van der Waals surface area contributed by atoms with Crippen molar-refractivity contribution in [3.63, 3.8) is 0 Å². The predicted octanol–water partition coefficient (Wildman–Crippen LogP) is -0.437. The second-order valence-electron chi connectivity index (χ2n) is 4.64. The molecule has 1 atom stereocenters. The first-order valence-corrected chi connectivity index (χ1v) is 7.65. The molecule has 0 aromatic rings. The van der Waals surface area contributed by atoms with E-state index >= 15 is 0 Å². The third kappa shape index (κ3) is 4.79. The molecule has 8 heteroatoms. The molecule has 7 nitrogen and oxygen atoms in total. The molecule has 0 saturated carbocycles. The number of rotatable bonds is 4. The highest BCUT2D eigenvalue weighted by atomic mass is 32.2. The van der Waals surface area contributed by atoms with Crippen molar-refractivity contribution in [1.29, 1.82) is 0 Å². The van der Waals surface area contributed by atoms with Crippen molar-refractivity contribution in [1.82, 2.24) is 14.5 Å². The van der Waals surface area contributed by atoms with E-state index in [4.69, 9.17) is 5.14 Å². The van der Waals surface area contributed by atoms with Gasteiger partial charge in [-0.3, -0.25) is 0 Å². The highest BCUT2D eigenvalue weighted by Gasteiger charge is 2.25. The lowest BCUT2D eigenvalue weighted by atomic mass is 9.99. The van der Waals surface area contributed by atoms with Gasteiger partial charge in [0, 0.05) is 33.2 Å². The standard InChI is InChI=1S/C10H22N4O3S/c1-3-13(2)10(15)14-6-4-5-9(8-14)7-12-18(11,16)17/h9,12H,3-8H2,1-2H3,(H2,11,16,17). The van der Waals surface area contributed by atoms with Crippen LogP contribution >= 0.6 is 0 Å². The van der Waals surface area contributed by atoms with Crippen molar-refractivity contribution in [3.05, 3.63) is 0 Å². The third-order valence-corrected chi connectivity index (χ3v) is 3.73. The molecule has 2 amide bonds. The lowest BCUT2D eigenvalue weighted by Crippen LogP contribution is -2.48. The number of carbonyl (C=O) groups excluding carboxylic acids is 1. The average Bonchev–Trinajstić information content (AvgIpc) is 2.34. The Morgan fingerprint density at radius 1 is 1.56 bits per heavy atom. The summed E-state index contributed by atoms with van der Waals surface area (Å²) >= 11 is 0. The second kappa shape index (κ2) is 6.35. The maximum absolute atomic E-state index is 12.0. The van der Waals surface area contributed by atoms with Crippen LogP contribution in [0.15, 0.2) is 0 Å². The number of nitrogens with zero attached hydrogens (tertiary/aromatic N) is 2. The SMILES string of the molecule is CCN(C)C(=O)N1CCCC(CNS(N)(=O)=O)C1. The fraction of sp³-hybridized carbons (Fsp3) is 0.900. The summed E-state index contributed by atoms with van der Waals surface area (Å²) in [4.78, 5) is 15.4. The minimum atomic E-state index is -3.65. The van der Waals surface area contributed by atoms with Gasteiger partial charge in [-0.15, -0.1) is 0 Å². The van der Waals surface area contributed by atoms with Gasteiger partial charge in [0.25, 0.3) is 10.2 Å². The normalized spacial score (nSPS) is 20.8. The van der Waals surface area contributed by atoms with Crippen LogP contribution in [0.25, 0.3) is 0 Å². The summed E-state index contributed by atoms with van der Waals surface area (Å²) in [6, 6.07) is -0.00203. The van der Waals surface area contributed by atoms with Crippen LogP contribution in [0.2, 0.25) is 0 Å². The molecule has 0 aromatic heterocycles. The van der Waals surface area contributed by atoms with E-state index in [-0.39, 0.29) is 11.9 Å². The van der Waals surface area contributed by atoms with Gasteiger partial charge < -0.3 is 9.80 Å². The van der Waals surface area contributed by atoms with Gasteiger partial charge in [-0.2, -0.15) is 8.42 Å². The quantitative estimate of drug-likeness (QED) is 0.730. The number of hydrogen-bond acceptors (Lipinski definition) is 3. The summed E-state index contributed by atoms with van der Waals surface area (Å²) in [5.74, 6) is 0.131. The number of amides is 2. The summed E-state index contributed by atoms with van der Waals surface area (Å²) in [7, 11) is -1.89. The summed E-state index contributed by atoms with van der Waals surface area (Å²) in [6.07, 6.45) is 1.79. The largest absolute Gasteiger partial charge is 0.328 e.